The minimum Gasteiger partial charge on any atom is -0.319 e. The summed E-state index contributed by atoms with van der Waals surface area (Å²) in [4.78, 5) is 16.4. The summed E-state index contributed by atoms with van der Waals surface area (Å²) < 4.78 is 40.5. The Kier molecular flexibility index (Phi) is 4.03. The first-order valence-electron chi connectivity index (χ1n) is 6.89. The van der Waals surface area contributed by atoms with Crippen LogP contribution >= 0.6 is 0 Å². The number of carbonyl (C=O) groups is 1. The molecule has 3 rings (SSSR count). The molecule has 122 valence electrons. The first-order chi connectivity index (χ1) is 11.5. The summed E-state index contributed by atoms with van der Waals surface area (Å²) in [5.74, 6) is -0.565. The molecule has 0 aliphatic carbocycles. The first-order valence-corrected chi connectivity index (χ1v) is 6.89. The van der Waals surface area contributed by atoms with Crippen molar-refractivity contribution in [3.05, 3.63) is 72.2 Å². The van der Waals surface area contributed by atoms with Crippen molar-refractivity contribution in [1.29, 1.82) is 0 Å². The van der Waals surface area contributed by atoms with Gasteiger partial charge in [-0.1, -0.05) is 12.1 Å². The van der Waals surface area contributed by atoms with Gasteiger partial charge in [0, 0.05) is 18.6 Å². The van der Waals surface area contributed by atoms with E-state index in [4.69, 9.17) is 0 Å². The van der Waals surface area contributed by atoms with Crippen LogP contribution in [0.15, 0.2) is 61.1 Å². The standard InChI is InChI=1S/C16H11F3N4O/c17-16(18,19)12-6-2-1-5-11(12)15(24)22-13-7-3-8-20-14(13)23-10-4-9-21-23/h1-10H,(H,22,24). The van der Waals surface area contributed by atoms with Gasteiger partial charge in [-0.25, -0.2) is 9.67 Å². The first kappa shape index (κ1) is 15.7. The van der Waals surface area contributed by atoms with E-state index in [-0.39, 0.29) is 5.69 Å². The van der Waals surface area contributed by atoms with E-state index >= 15 is 0 Å². The Balaban J connectivity index is 1.95. The number of aromatic nitrogens is 3. The Labute approximate surface area is 134 Å². The number of nitrogens with one attached hydrogen (secondary N) is 1. The highest BCUT2D eigenvalue weighted by atomic mass is 19.4. The molecule has 5 nitrogen and oxygen atoms in total. The minimum atomic E-state index is -4.62. The third-order valence-electron chi connectivity index (χ3n) is 3.23. The fourth-order valence-electron chi connectivity index (χ4n) is 2.19. The molecule has 0 spiro atoms. The highest BCUT2D eigenvalue weighted by Crippen LogP contribution is 2.32. The van der Waals surface area contributed by atoms with Crippen LogP contribution in [-0.2, 0) is 6.18 Å². The Morgan fingerprint density at radius 3 is 2.54 bits per heavy atom. The third-order valence-corrected chi connectivity index (χ3v) is 3.23. The van der Waals surface area contributed by atoms with Crippen molar-refractivity contribution in [2.24, 2.45) is 0 Å². The Morgan fingerprint density at radius 1 is 1.04 bits per heavy atom. The van der Waals surface area contributed by atoms with Crippen LogP contribution in [-0.4, -0.2) is 20.7 Å². The number of hydrogen-bond donors (Lipinski definition) is 1. The monoisotopic (exact) mass is 332 g/mol. The van der Waals surface area contributed by atoms with Gasteiger partial charge in [0.15, 0.2) is 5.82 Å². The zero-order valence-electron chi connectivity index (χ0n) is 12.2. The van der Waals surface area contributed by atoms with Gasteiger partial charge in [-0.3, -0.25) is 4.79 Å². The van der Waals surface area contributed by atoms with Gasteiger partial charge >= 0.3 is 6.18 Å². The van der Waals surface area contributed by atoms with E-state index in [1.807, 2.05) is 0 Å². The maximum atomic E-state index is 13.0. The molecule has 0 unspecified atom stereocenters. The van der Waals surface area contributed by atoms with Crippen molar-refractivity contribution in [3.63, 3.8) is 0 Å². The number of nitrogens with zero attached hydrogens (tertiary/aromatic N) is 3. The lowest BCUT2D eigenvalue weighted by molar-refractivity contribution is -0.137. The second-order valence-electron chi connectivity index (χ2n) is 4.82. The molecular formula is C16H11F3N4O. The largest absolute Gasteiger partial charge is 0.417 e. The van der Waals surface area contributed by atoms with Crippen LogP contribution in [0.1, 0.15) is 15.9 Å². The van der Waals surface area contributed by atoms with Gasteiger partial charge in [0.05, 0.1) is 16.8 Å². The van der Waals surface area contributed by atoms with Crippen LogP contribution in [0.2, 0.25) is 0 Å². The van der Waals surface area contributed by atoms with Crippen molar-refractivity contribution in [1.82, 2.24) is 14.8 Å². The number of anilines is 1. The van der Waals surface area contributed by atoms with Crippen LogP contribution in [0.4, 0.5) is 18.9 Å². The quantitative estimate of drug-likeness (QED) is 0.798. The summed E-state index contributed by atoms with van der Waals surface area (Å²) in [5.41, 5.74) is -1.20. The molecule has 1 aromatic carbocycles. The Hall–Kier alpha value is -3.16. The highest BCUT2D eigenvalue weighted by molar-refractivity contribution is 6.06. The van der Waals surface area contributed by atoms with Gasteiger partial charge in [0.2, 0.25) is 0 Å². The predicted octanol–water partition coefficient (Wildman–Crippen LogP) is 3.54. The molecule has 0 atom stereocenters. The third kappa shape index (κ3) is 3.12. The molecule has 0 radical (unpaired) electrons. The lowest BCUT2D eigenvalue weighted by Crippen LogP contribution is -2.19. The van der Waals surface area contributed by atoms with Crippen LogP contribution in [0.25, 0.3) is 5.82 Å². The number of pyridine rings is 1. The normalized spacial score (nSPS) is 11.3. The summed E-state index contributed by atoms with van der Waals surface area (Å²) in [7, 11) is 0. The second-order valence-corrected chi connectivity index (χ2v) is 4.82. The summed E-state index contributed by atoms with van der Waals surface area (Å²) >= 11 is 0. The SMILES string of the molecule is O=C(Nc1cccnc1-n1cccn1)c1ccccc1C(F)(F)F. The molecule has 0 bridgehead atoms. The molecule has 24 heavy (non-hydrogen) atoms. The molecule has 0 saturated heterocycles. The van der Waals surface area contributed by atoms with E-state index < -0.39 is 23.2 Å². The van der Waals surface area contributed by atoms with Crippen molar-refractivity contribution in [2.45, 2.75) is 6.18 Å². The molecule has 2 aromatic heterocycles. The van der Waals surface area contributed by atoms with E-state index in [1.54, 1.807) is 18.3 Å². The molecule has 8 heteroatoms. The maximum absolute atomic E-state index is 13.0. The number of amides is 1. The molecule has 0 fully saturated rings. The molecule has 1 N–H and O–H groups in total. The van der Waals surface area contributed by atoms with E-state index in [0.29, 0.717) is 5.82 Å². The average molecular weight is 332 g/mol. The van der Waals surface area contributed by atoms with Gasteiger partial charge in [-0.15, -0.1) is 0 Å². The van der Waals surface area contributed by atoms with Crippen molar-refractivity contribution >= 4 is 11.6 Å². The van der Waals surface area contributed by atoms with E-state index in [0.717, 1.165) is 12.1 Å². The predicted molar refractivity (Wildman–Crippen MR) is 80.8 cm³/mol. The molecule has 3 aromatic rings. The zero-order valence-corrected chi connectivity index (χ0v) is 12.2. The number of carbonyl (C=O) groups excluding carboxylic acids is 1. The molecule has 1 amide bonds. The van der Waals surface area contributed by atoms with Crippen LogP contribution in [0, 0.1) is 0 Å². The van der Waals surface area contributed by atoms with Crippen molar-refractivity contribution < 1.29 is 18.0 Å². The topological polar surface area (TPSA) is 59.8 Å². The highest BCUT2D eigenvalue weighted by Gasteiger charge is 2.34. The molecule has 0 aliphatic rings. The van der Waals surface area contributed by atoms with E-state index in [2.05, 4.69) is 15.4 Å². The molecule has 2 heterocycles. The fraction of sp³-hybridized carbons (Fsp3) is 0.0625. The second kappa shape index (κ2) is 6.15. The Bertz CT molecular complexity index is 860. The van der Waals surface area contributed by atoms with Crippen LogP contribution in [0.5, 0.6) is 0 Å². The summed E-state index contributed by atoms with van der Waals surface area (Å²) in [6.07, 6.45) is 0.0187. The molecule has 0 saturated carbocycles. The average Bonchev–Trinajstić information content (AvgIpc) is 3.09. The summed E-state index contributed by atoms with van der Waals surface area (Å²) in [6.45, 7) is 0. The van der Waals surface area contributed by atoms with Gasteiger partial charge in [0.1, 0.15) is 0 Å². The fourth-order valence-corrected chi connectivity index (χ4v) is 2.19. The van der Waals surface area contributed by atoms with Crippen molar-refractivity contribution in [3.8, 4) is 5.82 Å². The van der Waals surface area contributed by atoms with Gasteiger partial charge in [0.25, 0.3) is 5.91 Å². The number of rotatable bonds is 3. The number of hydrogen-bond acceptors (Lipinski definition) is 3. The van der Waals surface area contributed by atoms with E-state index in [9.17, 15) is 18.0 Å². The van der Waals surface area contributed by atoms with Gasteiger partial charge in [-0.2, -0.15) is 18.3 Å². The van der Waals surface area contributed by atoms with Gasteiger partial charge in [-0.05, 0) is 30.3 Å². The van der Waals surface area contributed by atoms with Crippen LogP contribution in [0.3, 0.4) is 0 Å². The van der Waals surface area contributed by atoms with Crippen LogP contribution < -0.4 is 5.32 Å². The summed E-state index contributed by atoms with van der Waals surface area (Å²) in [5, 5.41) is 6.47. The molecular weight excluding hydrogens is 321 g/mol. The minimum absolute atomic E-state index is 0.253. The van der Waals surface area contributed by atoms with Gasteiger partial charge < -0.3 is 5.32 Å². The lowest BCUT2D eigenvalue weighted by atomic mass is 10.1. The van der Waals surface area contributed by atoms with E-state index in [1.165, 1.54) is 35.3 Å². The van der Waals surface area contributed by atoms with Crippen molar-refractivity contribution in [2.75, 3.05) is 5.32 Å². The zero-order chi connectivity index (χ0) is 17.2. The maximum Gasteiger partial charge on any atom is 0.417 e. The lowest BCUT2D eigenvalue weighted by Gasteiger charge is -2.14. The Morgan fingerprint density at radius 2 is 1.83 bits per heavy atom. The number of benzene rings is 1. The number of halogens is 3. The summed E-state index contributed by atoms with van der Waals surface area (Å²) in [6, 6.07) is 9.38. The smallest absolute Gasteiger partial charge is 0.319 e. The number of alkyl halides is 3. The molecule has 0 aliphatic heterocycles.